The highest BCUT2D eigenvalue weighted by atomic mass is 32.2. The summed E-state index contributed by atoms with van der Waals surface area (Å²) in [4.78, 5) is 28.6. The van der Waals surface area contributed by atoms with Gasteiger partial charge in [0.25, 0.3) is 11.8 Å². The van der Waals surface area contributed by atoms with Gasteiger partial charge in [-0.1, -0.05) is 0 Å². The molecule has 2 aliphatic rings. The Hall–Kier alpha value is -1.97. The number of ether oxygens (including phenoxy) is 1. The van der Waals surface area contributed by atoms with Crippen LogP contribution in [0.4, 0.5) is 0 Å². The number of carbonyl (C=O) groups excluding carboxylic acids is 2. The molecule has 1 atom stereocenters. The summed E-state index contributed by atoms with van der Waals surface area (Å²) in [7, 11) is -0.589. The first-order chi connectivity index (χ1) is 12.8. The number of nitrogens with zero attached hydrogens (tertiary/aromatic N) is 3. The van der Waals surface area contributed by atoms with Gasteiger partial charge in [-0.25, -0.2) is 12.7 Å². The highest BCUT2D eigenvalue weighted by Crippen LogP contribution is 2.18. The van der Waals surface area contributed by atoms with Crippen LogP contribution < -0.4 is 0 Å². The van der Waals surface area contributed by atoms with Crippen molar-refractivity contribution in [3.63, 3.8) is 0 Å². The lowest BCUT2D eigenvalue weighted by Gasteiger charge is -2.35. The van der Waals surface area contributed by atoms with Gasteiger partial charge in [0.2, 0.25) is 10.0 Å². The number of piperazine rings is 1. The maximum Gasteiger partial charge on any atom is 0.253 e. The molecule has 0 aromatic heterocycles. The topological polar surface area (TPSA) is 87.2 Å². The minimum atomic E-state index is -3.52. The molecule has 2 amide bonds. The molecule has 9 heteroatoms. The Bertz CT molecular complexity index is 793. The number of sulfonamides is 1. The number of amides is 2. The van der Waals surface area contributed by atoms with Crippen LogP contribution in [-0.4, -0.2) is 87.3 Å². The summed E-state index contributed by atoms with van der Waals surface area (Å²) in [6, 6.07) is 5.95. The van der Waals surface area contributed by atoms with Crippen molar-refractivity contribution in [3.8, 4) is 0 Å². The zero-order chi connectivity index (χ0) is 19.6. The van der Waals surface area contributed by atoms with Gasteiger partial charge in [0.05, 0.1) is 4.90 Å². The van der Waals surface area contributed by atoms with Crippen molar-refractivity contribution in [2.75, 3.05) is 46.9 Å². The van der Waals surface area contributed by atoms with Gasteiger partial charge in [0.15, 0.2) is 0 Å². The predicted octanol–water partition coefficient (Wildman–Crippen LogP) is 0.400. The summed E-state index contributed by atoms with van der Waals surface area (Å²) in [5, 5.41) is 0. The normalized spacial score (nSPS) is 20.9. The maximum atomic E-state index is 12.7. The number of rotatable bonds is 4. The summed E-state index contributed by atoms with van der Waals surface area (Å²) >= 11 is 0. The van der Waals surface area contributed by atoms with E-state index in [1.165, 1.54) is 38.4 Å². The van der Waals surface area contributed by atoms with Crippen molar-refractivity contribution >= 4 is 21.8 Å². The van der Waals surface area contributed by atoms with E-state index >= 15 is 0 Å². The van der Waals surface area contributed by atoms with Crippen molar-refractivity contribution in [1.82, 2.24) is 14.1 Å². The van der Waals surface area contributed by atoms with E-state index in [2.05, 4.69) is 0 Å². The number of hydrogen-bond acceptors (Lipinski definition) is 5. The van der Waals surface area contributed by atoms with Gasteiger partial charge in [0.1, 0.15) is 6.10 Å². The summed E-state index contributed by atoms with van der Waals surface area (Å²) in [5.74, 6) is -0.147. The molecule has 2 heterocycles. The molecule has 0 spiro atoms. The molecule has 27 heavy (non-hydrogen) atoms. The molecule has 0 unspecified atom stereocenters. The standard InChI is InChI=1S/C18H25N3O5S/c1-19(2)27(24,25)15-7-5-14(6-8-15)17(22)20-9-11-21(12-10-20)18(23)16-4-3-13-26-16/h5-8,16H,3-4,9-13H2,1-2H3/t16-/m0/s1. The third kappa shape index (κ3) is 4.15. The summed E-state index contributed by atoms with van der Waals surface area (Å²) < 4.78 is 30.8. The van der Waals surface area contributed by atoms with Crippen LogP contribution in [0.1, 0.15) is 23.2 Å². The third-order valence-corrected chi connectivity index (χ3v) is 6.79. The van der Waals surface area contributed by atoms with Gasteiger partial charge in [-0.15, -0.1) is 0 Å². The Morgan fingerprint density at radius 2 is 1.63 bits per heavy atom. The SMILES string of the molecule is CN(C)S(=O)(=O)c1ccc(C(=O)N2CCN(C(=O)[C@@H]3CCCO3)CC2)cc1. The molecule has 3 rings (SSSR count). The van der Waals surface area contributed by atoms with Crippen LogP contribution in [0.25, 0.3) is 0 Å². The van der Waals surface area contributed by atoms with Crippen molar-refractivity contribution in [3.05, 3.63) is 29.8 Å². The highest BCUT2D eigenvalue weighted by molar-refractivity contribution is 7.89. The second-order valence-electron chi connectivity index (χ2n) is 6.93. The van der Waals surface area contributed by atoms with Gasteiger partial charge in [-0.05, 0) is 37.1 Å². The van der Waals surface area contributed by atoms with E-state index in [4.69, 9.17) is 4.74 Å². The molecule has 1 aromatic carbocycles. The number of benzene rings is 1. The first-order valence-electron chi connectivity index (χ1n) is 9.03. The zero-order valence-electron chi connectivity index (χ0n) is 15.6. The van der Waals surface area contributed by atoms with Gasteiger partial charge < -0.3 is 14.5 Å². The van der Waals surface area contributed by atoms with E-state index < -0.39 is 10.0 Å². The fourth-order valence-corrected chi connectivity index (χ4v) is 4.17. The lowest BCUT2D eigenvalue weighted by atomic mass is 10.1. The predicted molar refractivity (Wildman–Crippen MR) is 98.8 cm³/mol. The number of hydrogen-bond donors (Lipinski definition) is 0. The van der Waals surface area contributed by atoms with E-state index in [9.17, 15) is 18.0 Å². The molecule has 2 saturated heterocycles. The van der Waals surface area contributed by atoms with Crippen LogP contribution in [0.5, 0.6) is 0 Å². The largest absolute Gasteiger partial charge is 0.368 e. The van der Waals surface area contributed by atoms with Crippen LogP contribution in [0, 0.1) is 0 Å². The molecule has 0 N–H and O–H groups in total. The van der Waals surface area contributed by atoms with Gasteiger partial charge in [-0.3, -0.25) is 9.59 Å². The molecule has 0 aliphatic carbocycles. The number of carbonyl (C=O) groups is 2. The monoisotopic (exact) mass is 395 g/mol. The Morgan fingerprint density at radius 1 is 1.04 bits per heavy atom. The molecular formula is C18H25N3O5S. The zero-order valence-corrected chi connectivity index (χ0v) is 16.4. The lowest BCUT2D eigenvalue weighted by molar-refractivity contribution is -0.142. The first-order valence-corrected chi connectivity index (χ1v) is 10.5. The van der Waals surface area contributed by atoms with Crippen LogP contribution in [-0.2, 0) is 19.6 Å². The van der Waals surface area contributed by atoms with E-state index in [-0.39, 0.29) is 22.8 Å². The fraction of sp³-hybridized carbons (Fsp3) is 0.556. The van der Waals surface area contributed by atoms with Crippen LogP contribution >= 0.6 is 0 Å². The van der Waals surface area contributed by atoms with E-state index in [1.54, 1.807) is 9.80 Å². The molecular weight excluding hydrogens is 370 g/mol. The van der Waals surface area contributed by atoms with Crippen molar-refractivity contribution in [2.45, 2.75) is 23.8 Å². The quantitative estimate of drug-likeness (QED) is 0.737. The Labute approximate surface area is 159 Å². The molecule has 2 fully saturated rings. The maximum absolute atomic E-state index is 12.7. The van der Waals surface area contributed by atoms with Gasteiger partial charge in [-0.2, -0.15) is 0 Å². The molecule has 1 aromatic rings. The summed E-state index contributed by atoms with van der Waals surface area (Å²) in [6.07, 6.45) is 1.34. The first kappa shape index (κ1) is 19.8. The van der Waals surface area contributed by atoms with Crippen LogP contribution in [0.15, 0.2) is 29.2 Å². The van der Waals surface area contributed by atoms with Crippen molar-refractivity contribution in [1.29, 1.82) is 0 Å². The van der Waals surface area contributed by atoms with Crippen molar-refractivity contribution in [2.24, 2.45) is 0 Å². The Morgan fingerprint density at radius 3 is 2.15 bits per heavy atom. The Balaban J connectivity index is 1.60. The molecule has 0 bridgehead atoms. The second kappa shape index (κ2) is 7.95. The third-order valence-electron chi connectivity index (χ3n) is 4.96. The molecule has 0 saturated carbocycles. The smallest absolute Gasteiger partial charge is 0.253 e. The average molecular weight is 395 g/mol. The highest BCUT2D eigenvalue weighted by Gasteiger charge is 2.31. The minimum Gasteiger partial charge on any atom is -0.368 e. The van der Waals surface area contributed by atoms with Crippen LogP contribution in [0.2, 0.25) is 0 Å². The molecule has 148 valence electrons. The fourth-order valence-electron chi connectivity index (χ4n) is 3.27. The van der Waals surface area contributed by atoms with Crippen LogP contribution in [0.3, 0.4) is 0 Å². The van der Waals surface area contributed by atoms with Crippen molar-refractivity contribution < 1.29 is 22.7 Å². The minimum absolute atomic E-state index is 0.0119. The average Bonchev–Trinajstić information content (AvgIpc) is 3.22. The van der Waals surface area contributed by atoms with Gasteiger partial charge >= 0.3 is 0 Å². The van der Waals surface area contributed by atoms with E-state index in [0.717, 1.165) is 17.1 Å². The summed E-state index contributed by atoms with van der Waals surface area (Å²) in [5.41, 5.74) is 0.437. The molecule has 8 nitrogen and oxygen atoms in total. The Kier molecular flexibility index (Phi) is 5.83. The van der Waals surface area contributed by atoms with E-state index in [1.807, 2.05) is 0 Å². The second-order valence-corrected chi connectivity index (χ2v) is 9.08. The summed E-state index contributed by atoms with van der Waals surface area (Å²) in [6.45, 7) is 2.51. The molecule has 0 radical (unpaired) electrons. The molecule has 2 aliphatic heterocycles. The van der Waals surface area contributed by atoms with E-state index in [0.29, 0.717) is 38.3 Å². The lowest BCUT2D eigenvalue weighted by Crippen LogP contribution is -2.52. The van der Waals surface area contributed by atoms with Gasteiger partial charge in [0, 0.05) is 52.4 Å².